The van der Waals surface area contributed by atoms with Crippen molar-refractivity contribution in [1.82, 2.24) is 29.1 Å². The Bertz CT molecular complexity index is 1400. The molecule has 178 valence electrons. The molecule has 3 aromatic heterocycles. The van der Waals surface area contributed by atoms with E-state index >= 15 is 0 Å². The molecule has 0 saturated carbocycles. The number of nitrogens with zero attached hydrogens (tertiary/aromatic N) is 6. The quantitative estimate of drug-likeness (QED) is 0.470. The summed E-state index contributed by atoms with van der Waals surface area (Å²) in [6.07, 6.45) is 6.05. The van der Waals surface area contributed by atoms with E-state index in [1.54, 1.807) is 31.3 Å². The fourth-order valence-corrected chi connectivity index (χ4v) is 4.83. The number of nitrogens with one attached hydrogen (secondary N) is 1. The van der Waals surface area contributed by atoms with Gasteiger partial charge in [-0.1, -0.05) is 12.1 Å². The van der Waals surface area contributed by atoms with Gasteiger partial charge in [0.05, 0.1) is 12.1 Å². The standard InChI is InChI=1S/C25H25N7O3/c33-23(19-5-3-18(4-6-19)20-7-8-22-26-16-27-32(22)14-20)29-12-9-25(35,10-13-29)15-30-17-28-31-11-1-2-21(31)24(30)34/h1-8,11,14,16,28,35H,9-10,12-13,15,17H2. The number of hydrogen-bond acceptors (Lipinski definition) is 6. The number of piperidine rings is 1. The summed E-state index contributed by atoms with van der Waals surface area (Å²) in [6.45, 7) is 1.44. The van der Waals surface area contributed by atoms with E-state index in [4.69, 9.17) is 0 Å². The zero-order valence-corrected chi connectivity index (χ0v) is 19.0. The highest BCUT2D eigenvalue weighted by atomic mass is 16.3. The van der Waals surface area contributed by atoms with E-state index < -0.39 is 5.60 Å². The van der Waals surface area contributed by atoms with Crippen molar-refractivity contribution in [3.05, 3.63) is 78.5 Å². The van der Waals surface area contributed by atoms with Gasteiger partial charge in [-0.25, -0.2) is 9.50 Å². The first-order chi connectivity index (χ1) is 17.0. The molecular formula is C25H25N7O3. The number of likely N-dealkylation sites (tertiary alicyclic amines) is 1. The summed E-state index contributed by atoms with van der Waals surface area (Å²) in [6, 6.07) is 15.0. The van der Waals surface area contributed by atoms with Crippen molar-refractivity contribution < 1.29 is 14.7 Å². The maximum Gasteiger partial charge on any atom is 0.273 e. The molecule has 1 fully saturated rings. The Morgan fingerprint density at radius 3 is 2.63 bits per heavy atom. The van der Waals surface area contributed by atoms with Crippen LogP contribution in [-0.2, 0) is 0 Å². The number of aromatic nitrogens is 4. The lowest BCUT2D eigenvalue weighted by atomic mass is 9.90. The lowest BCUT2D eigenvalue weighted by molar-refractivity contribution is -0.0369. The third kappa shape index (κ3) is 3.91. The highest BCUT2D eigenvalue weighted by Crippen LogP contribution is 2.27. The van der Waals surface area contributed by atoms with Gasteiger partial charge in [0, 0.05) is 36.6 Å². The minimum atomic E-state index is -1.02. The highest BCUT2D eigenvalue weighted by molar-refractivity contribution is 5.95. The van der Waals surface area contributed by atoms with Crippen LogP contribution >= 0.6 is 0 Å². The Morgan fingerprint density at radius 1 is 1.06 bits per heavy atom. The Kier molecular flexibility index (Phi) is 5.03. The lowest BCUT2D eigenvalue weighted by Crippen LogP contribution is -2.56. The number of hydrogen-bond donors (Lipinski definition) is 2. The van der Waals surface area contributed by atoms with Gasteiger partial charge in [-0.15, -0.1) is 0 Å². The molecule has 4 aromatic rings. The summed E-state index contributed by atoms with van der Waals surface area (Å²) < 4.78 is 3.41. The van der Waals surface area contributed by atoms with Crippen LogP contribution in [0.3, 0.4) is 0 Å². The number of amides is 2. The average molecular weight is 472 g/mol. The topological polar surface area (TPSA) is 108 Å². The summed E-state index contributed by atoms with van der Waals surface area (Å²) in [5, 5.41) is 15.3. The molecule has 10 heteroatoms. The van der Waals surface area contributed by atoms with Crippen molar-refractivity contribution in [1.29, 1.82) is 0 Å². The molecule has 35 heavy (non-hydrogen) atoms. The molecule has 0 bridgehead atoms. The largest absolute Gasteiger partial charge is 0.388 e. The van der Waals surface area contributed by atoms with Crippen LogP contribution in [0.25, 0.3) is 16.8 Å². The number of rotatable bonds is 4. The van der Waals surface area contributed by atoms with E-state index in [-0.39, 0.29) is 18.4 Å². The summed E-state index contributed by atoms with van der Waals surface area (Å²) in [5.74, 6) is -0.164. The molecule has 2 aliphatic rings. The monoisotopic (exact) mass is 471 g/mol. The van der Waals surface area contributed by atoms with Gasteiger partial charge in [0.2, 0.25) is 0 Å². The van der Waals surface area contributed by atoms with Crippen LogP contribution in [0.15, 0.2) is 67.3 Å². The summed E-state index contributed by atoms with van der Waals surface area (Å²) in [5.41, 5.74) is 6.03. The van der Waals surface area contributed by atoms with Crippen LogP contribution in [-0.4, -0.2) is 77.9 Å². The van der Waals surface area contributed by atoms with E-state index in [1.807, 2.05) is 48.7 Å². The molecule has 0 radical (unpaired) electrons. The predicted molar refractivity (Wildman–Crippen MR) is 128 cm³/mol. The number of carbonyl (C=O) groups is 2. The van der Waals surface area contributed by atoms with E-state index in [1.165, 1.54) is 6.33 Å². The second-order valence-corrected chi connectivity index (χ2v) is 9.16. The second-order valence-electron chi connectivity index (χ2n) is 9.16. The smallest absolute Gasteiger partial charge is 0.273 e. The number of pyridine rings is 1. The molecule has 0 spiro atoms. The Balaban J connectivity index is 1.09. The fourth-order valence-electron chi connectivity index (χ4n) is 4.83. The number of carbonyl (C=O) groups excluding carboxylic acids is 2. The minimum absolute atomic E-state index is 0.0566. The zero-order valence-electron chi connectivity index (χ0n) is 19.0. The zero-order chi connectivity index (χ0) is 24.0. The Morgan fingerprint density at radius 2 is 1.83 bits per heavy atom. The van der Waals surface area contributed by atoms with Crippen LogP contribution in [0, 0.1) is 0 Å². The van der Waals surface area contributed by atoms with Crippen LogP contribution in [0.2, 0.25) is 0 Å². The van der Waals surface area contributed by atoms with Gasteiger partial charge >= 0.3 is 0 Å². The van der Waals surface area contributed by atoms with E-state index in [2.05, 4.69) is 15.5 Å². The van der Waals surface area contributed by atoms with E-state index in [0.717, 1.165) is 16.8 Å². The van der Waals surface area contributed by atoms with Gasteiger partial charge in [-0.05, 0) is 54.8 Å². The first-order valence-corrected chi connectivity index (χ1v) is 11.6. The molecular weight excluding hydrogens is 446 g/mol. The van der Waals surface area contributed by atoms with Crippen LogP contribution in [0.1, 0.15) is 33.7 Å². The molecule has 0 atom stereocenters. The van der Waals surface area contributed by atoms with Gasteiger partial charge in [0.25, 0.3) is 11.8 Å². The lowest BCUT2D eigenvalue weighted by Gasteiger charge is -2.42. The van der Waals surface area contributed by atoms with Gasteiger partial charge in [0.15, 0.2) is 5.65 Å². The van der Waals surface area contributed by atoms with Crippen LogP contribution < -0.4 is 5.43 Å². The van der Waals surface area contributed by atoms with Gasteiger partial charge in [0.1, 0.15) is 18.7 Å². The highest BCUT2D eigenvalue weighted by Gasteiger charge is 2.38. The Hall–Kier alpha value is -4.18. The van der Waals surface area contributed by atoms with Crippen molar-refractivity contribution in [2.24, 2.45) is 0 Å². The molecule has 5 heterocycles. The molecule has 1 aromatic carbocycles. The van der Waals surface area contributed by atoms with Crippen molar-refractivity contribution in [2.75, 3.05) is 31.7 Å². The number of aliphatic hydroxyl groups is 1. The fraction of sp³-hybridized carbons (Fsp3) is 0.280. The predicted octanol–water partition coefficient (Wildman–Crippen LogP) is 1.82. The van der Waals surface area contributed by atoms with Crippen LogP contribution in [0.5, 0.6) is 0 Å². The number of benzene rings is 1. The van der Waals surface area contributed by atoms with Gasteiger partial charge < -0.3 is 20.3 Å². The summed E-state index contributed by atoms with van der Waals surface area (Å²) in [7, 11) is 0. The van der Waals surface area contributed by atoms with E-state index in [0.29, 0.717) is 43.9 Å². The molecule has 2 N–H and O–H groups in total. The molecule has 6 rings (SSSR count). The number of fused-ring (bicyclic) bond motifs is 2. The molecule has 2 aliphatic heterocycles. The normalized spacial score (nSPS) is 17.3. The van der Waals surface area contributed by atoms with Crippen molar-refractivity contribution >= 4 is 17.5 Å². The molecule has 0 aliphatic carbocycles. The molecule has 2 amide bonds. The third-order valence-electron chi connectivity index (χ3n) is 6.89. The maximum atomic E-state index is 13.1. The van der Waals surface area contributed by atoms with Crippen molar-refractivity contribution in [3.63, 3.8) is 0 Å². The summed E-state index contributed by atoms with van der Waals surface area (Å²) in [4.78, 5) is 33.4. The average Bonchev–Trinajstić information content (AvgIpc) is 3.55. The minimum Gasteiger partial charge on any atom is -0.388 e. The molecule has 1 saturated heterocycles. The Labute approximate surface area is 201 Å². The SMILES string of the molecule is O=C(c1ccc(-c2ccc3ncnn3c2)cc1)N1CCC(O)(CN2CNn3cccc3C2=O)CC1. The number of β-amino-alcohol motifs (C(OH)–C–C–N with tert-alkyl or cyclic N) is 1. The van der Waals surface area contributed by atoms with Crippen LogP contribution in [0.4, 0.5) is 0 Å². The molecule has 0 unspecified atom stereocenters. The molecule has 10 nitrogen and oxygen atoms in total. The third-order valence-corrected chi connectivity index (χ3v) is 6.89. The summed E-state index contributed by atoms with van der Waals surface area (Å²) >= 11 is 0. The van der Waals surface area contributed by atoms with E-state index in [9.17, 15) is 14.7 Å². The first-order valence-electron chi connectivity index (χ1n) is 11.6. The maximum absolute atomic E-state index is 13.1. The van der Waals surface area contributed by atoms with Crippen molar-refractivity contribution in [2.45, 2.75) is 18.4 Å². The second kappa shape index (κ2) is 8.24. The first kappa shape index (κ1) is 21.4. The van der Waals surface area contributed by atoms with Gasteiger partial charge in [-0.2, -0.15) is 5.10 Å². The van der Waals surface area contributed by atoms with Gasteiger partial charge in [-0.3, -0.25) is 14.3 Å². The van der Waals surface area contributed by atoms with Crippen molar-refractivity contribution in [3.8, 4) is 11.1 Å².